The number of carbonyl (C=O) groups excluding carboxylic acids is 6. The molecule has 46 heavy (non-hydrogen) atoms. The van der Waals surface area contributed by atoms with Gasteiger partial charge in [0.15, 0.2) is 0 Å². The minimum atomic E-state index is -1.43. The molecular weight excluding hydrogens is 599 g/mol. The highest BCUT2D eigenvalue weighted by Crippen LogP contribution is 2.27. The van der Waals surface area contributed by atoms with Gasteiger partial charge in [0, 0.05) is 20.1 Å². The Morgan fingerprint density at radius 1 is 1.04 bits per heavy atom. The van der Waals surface area contributed by atoms with Gasteiger partial charge in [-0.15, -0.1) is 0 Å². The van der Waals surface area contributed by atoms with Gasteiger partial charge in [0.05, 0.1) is 6.04 Å². The van der Waals surface area contributed by atoms with Crippen molar-refractivity contribution in [1.29, 1.82) is 0 Å². The Balaban J connectivity index is 1.67. The maximum absolute atomic E-state index is 14.1. The van der Waals surface area contributed by atoms with E-state index in [4.69, 9.17) is 10.5 Å². The number of aryl methyl sites for hydroxylation is 1. The maximum Gasteiger partial charge on any atom is 0.329 e. The Labute approximate surface area is 268 Å². The molecule has 0 spiro atoms. The first-order valence-electron chi connectivity index (χ1n) is 15.8. The summed E-state index contributed by atoms with van der Waals surface area (Å²) in [6, 6.07) is -2.13. The number of cyclic esters (lactones) is 1. The minimum Gasteiger partial charge on any atom is -0.458 e. The van der Waals surface area contributed by atoms with Crippen LogP contribution in [0.15, 0.2) is 18.2 Å². The summed E-state index contributed by atoms with van der Waals surface area (Å²) in [6.45, 7) is 8.55. The second-order valence-corrected chi connectivity index (χ2v) is 13.0. The third kappa shape index (κ3) is 7.48. The number of hydrogen-bond donors (Lipinski definition) is 3. The van der Waals surface area contributed by atoms with Crippen LogP contribution in [0.5, 0.6) is 0 Å². The van der Waals surface area contributed by atoms with Gasteiger partial charge in [-0.1, -0.05) is 13.0 Å². The summed E-state index contributed by atoms with van der Waals surface area (Å²) >= 11 is 0. The third-order valence-electron chi connectivity index (χ3n) is 9.15. The molecule has 1 aromatic rings. The number of fused-ring (bicyclic) bond motifs is 2. The molecule has 5 amide bonds. The zero-order chi connectivity index (χ0) is 34.0. The van der Waals surface area contributed by atoms with E-state index >= 15 is 0 Å². The van der Waals surface area contributed by atoms with E-state index in [1.54, 1.807) is 13.0 Å². The van der Waals surface area contributed by atoms with E-state index in [1.807, 2.05) is 6.92 Å². The number of amides is 5. The van der Waals surface area contributed by atoms with Crippen LogP contribution in [0.2, 0.25) is 0 Å². The lowest BCUT2D eigenvalue weighted by molar-refractivity contribution is -0.162. The normalized spacial score (nSPS) is 30.5. The monoisotopic (exact) mass is 644 g/mol. The van der Waals surface area contributed by atoms with Crippen LogP contribution in [0.25, 0.3) is 0 Å². The van der Waals surface area contributed by atoms with Crippen molar-refractivity contribution in [2.75, 3.05) is 20.1 Å². The topological polar surface area (TPSA) is 171 Å². The second kappa shape index (κ2) is 14.1. The molecule has 252 valence electrons. The molecule has 4 N–H and O–H groups in total. The molecule has 3 aliphatic heterocycles. The molecule has 8 atom stereocenters. The van der Waals surface area contributed by atoms with Crippen LogP contribution in [-0.2, 0) is 39.9 Å². The lowest BCUT2D eigenvalue weighted by Crippen LogP contribution is -2.61. The van der Waals surface area contributed by atoms with E-state index in [0.717, 1.165) is 0 Å². The summed E-state index contributed by atoms with van der Waals surface area (Å²) in [7, 11) is 1.46. The Morgan fingerprint density at radius 2 is 1.74 bits per heavy atom. The van der Waals surface area contributed by atoms with Crippen LogP contribution in [0.4, 0.5) is 4.39 Å². The minimum absolute atomic E-state index is 0.0235. The largest absolute Gasteiger partial charge is 0.458 e. The first-order chi connectivity index (χ1) is 21.6. The molecule has 1 unspecified atom stereocenters. The van der Waals surface area contributed by atoms with Crippen molar-refractivity contribution >= 4 is 35.5 Å². The fourth-order valence-electron chi connectivity index (χ4n) is 6.47. The van der Waals surface area contributed by atoms with Crippen molar-refractivity contribution in [2.24, 2.45) is 11.7 Å². The van der Waals surface area contributed by atoms with Crippen molar-refractivity contribution in [2.45, 2.75) is 103 Å². The highest BCUT2D eigenvalue weighted by molar-refractivity contribution is 5.97. The summed E-state index contributed by atoms with van der Waals surface area (Å²) in [5, 5.41) is 5.29. The van der Waals surface area contributed by atoms with Crippen molar-refractivity contribution in [3.8, 4) is 0 Å². The van der Waals surface area contributed by atoms with Crippen LogP contribution in [0.3, 0.4) is 0 Å². The predicted octanol–water partition coefficient (Wildman–Crippen LogP) is 0.0136. The van der Waals surface area contributed by atoms with Gasteiger partial charge in [0.1, 0.15) is 42.1 Å². The number of ether oxygens (including phenoxy) is 1. The lowest BCUT2D eigenvalue weighted by atomic mass is 10.0. The molecule has 0 saturated carbocycles. The zero-order valence-electron chi connectivity index (χ0n) is 27.2. The number of nitrogens with one attached hydrogen (secondary N) is 2. The number of benzene rings is 1. The van der Waals surface area contributed by atoms with Crippen LogP contribution >= 0.6 is 0 Å². The maximum atomic E-state index is 14.1. The molecule has 13 nitrogen and oxygen atoms in total. The van der Waals surface area contributed by atoms with Crippen molar-refractivity contribution in [3.63, 3.8) is 0 Å². The van der Waals surface area contributed by atoms with E-state index in [2.05, 4.69) is 10.6 Å². The SMILES string of the molecule is Cc1cc(F)cc(C[C@H](N)C(=O)N[C@@H]2C(=O)N3CCC[C@H]3C(=O)N(C)[C@@H](C)C(=O)N[C@@H](C)C(=O)N3C[C@@H](C)CC3C(=O)O[C@H]2C)c1. The van der Waals surface area contributed by atoms with E-state index in [1.165, 1.54) is 54.7 Å². The Bertz CT molecular complexity index is 1370. The second-order valence-electron chi connectivity index (χ2n) is 13.0. The highest BCUT2D eigenvalue weighted by Gasteiger charge is 2.46. The van der Waals surface area contributed by atoms with Crippen LogP contribution in [0, 0.1) is 18.7 Å². The van der Waals surface area contributed by atoms with Gasteiger partial charge in [-0.3, -0.25) is 24.0 Å². The number of hydrogen-bond acceptors (Lipinski definition) is 8. The van der Waals surface area contributed by atoms with E-state index < -0.39 is 83.7 Å². The summed E-state index contributed by atoms with van der Waals surface area (Å²) in [5.74, 6) is -4.20. The van der Waals surface area contributed by atoms with Gasteiger partial charge < -0.3 is 35.8 Å². The molecule has 4 rings (SSSR count). The summed E-state index contributed by atoms with van der Waals surface area (Å²) in [4.78, 5) is 85.2. The molecule has 14 heteroatoms. The molecular formula is C32H45FN6O7. The molecule has 0 radical (unpaired) electrons. The number of carbonyl (C=O) groups is 6. The van der Waals surface area contributed by atoms with Gasteiger partial charge in [0.25, 0.3) is 0 Å². The predicted molar refractivity (Wildman–Crippen MR) is 164 cm³/mol. The number of halogens is 1. The van der Waals surface area contributed by atoms with Crippen molar-refractivity contribution in [1.82, 2.24) is 25.3 Å². The standard InChI is InChI=1S/C32H45FN6O7/c1-16-10-21(13-22(33)11-16)14-23(34)28(41)36-26-20(5)46-32(45)25-12-17(2)15-39(25)29(42)18(3)35-27(40)19(4)37(6)30(43)24-8-7-9-38(24)31(26)44/h10-11,13,17-20,23-26H,7-9,12,14-15,34H2,1-6H3,(H,35,40)(H,36,41)/t17-,18-,19-,20-,23-,24-,25?,26-/m0/s1. The van der Waals surface area contributed by atoms with E-state index in [-0.39, 0.29) is 25.4 Å². The van der Waals surface area contributed by atoms with Gasteiger partial charge >= 0.3 is 5.97 Å². The number of esters is 1. The van der Waals surface area contributed by atoms with Crippen LogP contribution < -0.4 is 16.4 Å². The van der Waals surface area contributed by atoms with Crippen molar-refractivity contribution in [3.05, 3.63) is 35.1 Å². The van der Waals surface area contributed by atoms with Crippen molar-refractivity contribution < 1.29 is 37.9 Å². The first-order valence-corrected chi connectivity index (χ1v) is 15.8. The Morgan fingerprint density at radius 3 is 2.41 bits per heavy atom. The molecule has 3 aliphatic rings. The highest BCUT2D eigenvalue weighted by atomic mass is 19.1. The first kappa shape index (κ1) is 34.8. The number of nitrogens with two attached hydrogens (primary N) is 1. The molecule has 3 saturated heterocycles. The fourth-order valence-corrected chi connectivity index (χ4v) is 6.47. The van der Waals surface area contributed by atoms with Crippen LogP contribution in [-0.4, -0.2) is 113 Å². The van der Waals surface area contributed by atoms with Gasteiger partial charge in [-0.2, -0.15) is 0 Å². The zero-order valence-corrected chi connectivity index (χ0v) is 27.2. The molecule has 0 aromatic heterocycles. The Kier molecular flexibility index (Phi) is 10.7. The summed E-state index contributed by atoms with van der Waals surface area (Å²) < 4.78 is 19.8. The van der Waals surface area contributed by atoms with Gasteiger partial charge in [-0.25, -0.2) is 9.18 Å². The average molecular weight is 645 g/mol. The van der Waals surface area contributed by atoms with E-state index in [0.29, 0.717) is 30.4 Å². The average Bonchev–Trinajstić information content (AvgIpc) is 3.63. The summed E-state index contributed by atoms with van der Waals surface area (Å²) in [5.41, 5.74) is 7.35. The number of rotatable bonds is 4. The Hall–Kier alpha value is -4.07. The number of nitrogens with zero attached hydrogens (tertiary/aromatic N) is 3. The quantitative estimate of drug-likeness (QED) is 0.385. The number of likely N-dealkylation sites (N-methyl/N-ethyl adjacent to an activating group) is 1. The molecule has 1 aromatic carbocycles. The molecule has 3 fully saturated rings. The molecule has 0 bridgehead atoms. The van der Waals surface area contributed by atoms with Gasteiger partial charge in [-0.05, 0) is 82.6 Å². The van der Waals surface area contributed by atoms with Crippen LogP contribution in [0.1, 0.15) is 58.1 Å². The van der Waals surface area contributed by atoms with E-state index in [9.17, 15) is 33.2 Å². The lowest BCUT2D eigenvalue weighted by Gasteiger charge is -2.35. The summed E-state index contributed by atoms with van der Waals surface area (Å²) in [6.07, 6.45) is -0.115. The molecule has 3 heterocycles. The van der Waals surface area contributed by atoms with Gasteiger partial charge in [0.2, 0.25) is 29.5 Å². The fraction of sp³-hybridized carbons (Fsp3) is 0.625. The molecule has 0 aliphatic carbocycles. The smallest absolute Gasteiger partial charge is 0.329 e. The third-order valence-corrected chi connectivity index (χ3v) is 9.15.